The first-order chi connectivity index (χ1) is 29.2. The maximum Gasteiger partial charge on any atom is 0.326 e. The molecule has 0 aromatic rings. The lowest BCUT2D eigenvalue weighted by molar-refractivity contribution is -0.143. The summed E-state index contributed by atoms with van der Waals surface area (Å²) >= 11 is 0. The minimum Gasteiger partial charge on any atom is -0.481 e. The third-order valence-electron chi connectivity index (χ3n) is 13.8. The van der Waals surface area contributed by atoms with Gasteiger partial charge in [-0.1, -0.05) is 60.8 Å². The van der Waals surface area contributed by atoms with Crippen molar-refractivity contribution < 1.29 is 53.7 Å². The first kappa shape index (κ1) is 52.6. The van der Waals surface area contributed by atoms with Gasteiger partial charge in [-0.05, 0) is 113 Å². The molecule has 0 aromatic carbocycles. The molecular formula is C46H79N5O11. The Kier molecular flexibility index (Phi) is 20.6. The quantitative estimate of drug-likeness (QED) is 0.0292. The number of hydrogen-bond acceptors (Lipinski definition) is 9. The largest absolute Gasteiger partial charge is 0.481 e. The molecule has 4 atom stereocenters. The SMILES string of the molecule is CCC12CC1(CC)N2OCCCCNC(=O)C(CCC(=O)O)NC(=O)CCC(NC(=O)C1CCC(CNC(=O)CCCCCCC(C)(C)CCC(C)(C)CC(=O)O)CC1)C(=O)O. The van der Waals surface area contributed by atoms with Crippen LogP contribution in [0.15, 0.2) is 0 Å². The molecule has 0 radical (unpaired) electrons. The van der Waals surface area contributed by atoms with Gasteiger partial charge in [0.25, 0.3) is 0 Å². The fraction of sp³-hybridized carbons (Fsp3) is 0.848. The van der Waals surface area contributed by atoms with E-state index in [4.69, 9.17) is 9.94 Å². The molecule has 0 aromatic heterocycles. The number of nitrogens with one attached hydrogen (secondary N) is 4. The van der Waals surface area contributed by atoms with Crippen LogP contribution in [0.25, 0.3) is 0 Å². The number of aliphatic carboxylic acids is 3. The fourth-order valence-electron chi connectivity index (χ4n) is 9.33. The van der Waals surface area contributed by atoms with Crippen molar-refractivity contribution >= 4 is 41.5 Å². The summed E-state index contributed by atoms with van der Waals surface area (Å²) in [5, 5.41) is 41.2. The van der Waals surface area contributed by atoms with Crippen LogP contribution in [-0.4, -0.2) is 105 Å². The Morgan fingerprint density at radius 1 is 0.677 bits per heavy atom. The Balaban J connectivity index is 1.28. The third-order valence-corrected chi connectivity index (χ3v) is 13.8. The number of hydrogen-bond donors (Lipinski definition) is 7. The monoisotopic (exact) mass is 878 g/mol. The molecule has 2 aliphatic carbocycles. The van der Waals surface area contributed by atoms with E-state index in [0.717, 1.165) is 57.8 Å². The number of carbonyl (C=O) groups is 7. The maximum absolute atomic E-state index is 13.1. The molecule has 1 saturated heterocycles. The average molecular weight is 878 g/mol. The molecule has 0 bridgehead atoms. The van der Waals surface area contributed by atoms with Crippen molar-refractivity contribution in [3.8, 4) is 0 Å². The summed E-state index contributed by atoms with van der Waals surface area (Å²) in [6.07, 6.45) is 13.7. The van der Waals surface area contributed by atoms with Gasteiger partial charge in [0, 0.05) is 38.3 Å². The molecule has 16 heteroatoms. The molecule has 354 valence electrons. The average Bonchev–Trinajstić information content (AvgIpc) is 4.05. The van der Waals surface area contributed by atoms with E-state index in [1.165, 1.54) is 6.42 Å². The second-order valence-electron chi connectivity index (χ2n) is 19.9. The summed E-state index contributed by atoms with van der Waals surface area (Å²) in [4.78, 5) is 91.8. The Hall–Kier alpha value is -3.79. The van der Waals surface area contributed by atoms with Gasteiger partial charge in [0.2, 0.25) is 23.6 Å². The Morgan fingerprint density at radius 3 is 1.92 bits per heavy atom. The predicted octanol–water partition coefficient (Wildman–Crippen LogP) is 6.10. The summed E-state index contributed by atoms with van der Waals surface area (Å²) in [5.74, 6) is -4.83. The molecule has 3 fully saturated rings. The number of rotatable bonds is 33. The van der Waals surface area contributed by atoms with E-state index in [1.54, 1.807) is 0 Å². The van der Waals surface area contributed by atoms with Gasteiger partial charge in [-0.3, -0.25) is 33.6 Å². The molecule has 7 N–H and O–H groups in total. The lowest BCUT2D eigenvalue weighted by atomic mass is 9.75. The third kappa shape index (κ3) is 16.7. The van der Waals surface area contributed by atoms with Gasteiger partial charge in [-0.2, -0.15) is 5.06 Å². The molecule has 62 heavy (non-hydrogen) atoms. The van der Waals surface area contributed by atoms with Crippen molar-refractivity contribution in [1.29, 1.82) is 0 Å². The normalized spacial score (nSPS) is 23.9. The lowest BCUT2D eigenvalue weighted by Gasteiger charge is -2.30. The molecule has 3 rings (SSSR count). The molecule has 0 spiro atoms. The molecular weight excluding hydrogens is 799 g/mol. The lowest BCUT2D eigenvalue weighted by Crippen LogP contribution is -2.48. The number of carboxylic acids is 3. The van der Waals surface area contributed by atoms with Crippen LogP contribution in [0.3, 0.4) is 0 Å². The Bertz CT molecular complexity index is 1510. The van der Waals surface area contributed by atoms with E-state index in [2.05, 4.69) is 54.0 Å². The van der Waals surface area contributed by atoms with Crippen LogP contribution >= 0.6 is 0 Å². The number of amides is 4. The van der Waals surface area contributed by atoms with Gasteiger partial charge in [0.15, 0.2) is 0 Å². The summed E-state index contributed by atoms with van der Waals surface area (Å²) in [6, 6.07) is -2.42. The number of hydroxylamine groups is 2. The van der Waals surface area contributed by atoms with Gasteiger partial charge in [-0.15, -0.1) is 0 Å². The van der Waals surface area contributed by atoms with Crippen molar-refractivity contribution in [3.05, 3.63) is 0 Å². The predicted molar refractivity (Wildman–Crippen MR) is 234 cm³/mol. The number of nitrogens with zero attached hydrogens (tertiary/aromatic N) is 1. The highest BCUT2D eigenvalue weighted by molar-refractivity contribution is 5.89. The van der Waals surface area contributed by atoms with Crippen molar-refractivity contribution in [2.24, 2.45) is 22.7 Å². The van der Waals surface area contributed by atoms with E-state index in [1.807, 2.05) is 13.8 Å². The molecule has 2 saturated carbocycles. The second kappa shape index (κ2) is 24.3. The van der Waals surface area contributed by atoms with Crippen LogP contribution < -0.4 is 21.3 Å². The standard InChI is InChI=1S/C46H79N5O11/c1-7-45-31-46(45,8-2)51(45)62-28-14-13-27-47-41(59)34(21-23-38(54)55)49-37(53)22-20-35(42(60)61)50-40(58)33-18-16-32(17-19-33)30-48-36(52)15-11-9-10-12-24-43(3,4)25-26-44(5,6)29-39(56)57/h32-35H,7-31H2,1-6H3,(H,47,59)(H,48,52)(H,49,53)(H,50,58)(H,54,55)(H,56,57)(H,60,61). The van der Waals surface area contributed by atoms with E-state index in [-0.39, 0.29) is 71.8 Å². The van der Waals surface area contributed by atoms with Crippen LogP contribution in [0, 0.1) is 22.7 Å². The van der Waals surface area contributed by atoms with Gasteiger partial charge in [-0.25, -0.2) is 4.79 Å². The molecule has 1 heterocycles. The fourth-order valence-corrected chi connectivity index (χ4v) is 9.33. The first-order valence-electron chi connectivity index (χ1n) is 23.4. The van der Waals surface area contributed by atoms with E-state index >= 15 is 0 Å². The molecule has 4 amide bonds. The minimum atomic E-state index is -1.31. The van der Waals surface area contributed by atoms with Crippen LogP contribution in [0.2, 0.25) is 0 Å². The Labute approximate surface area is 369 Å². The van der Waals surface area contributed by atoms with Crippen LogP contribution in [0.1, 0.15) is 183 Å². The van der Waals surface area contributed by atoms with Crippen LogP contribution in [0.5, 0.6) is 0 Å². The number of carbonyl (C=O) groups excluding carboxylic acids is 4. The van der Waals surface area contributed by atoms with E-state index < -0.39 is 47.7 Å². The van der Waals surface area contributed by atoms with Crippen LogP contribution in [0.4, 0.5) is 0 Å². The summed E-state index contributed by atoms with van der Waals surface area (Å²) in [7, 11) is 0. The smallest absolute Gasteiger partial charge is 0.326 e. The summed E-state index contributed by atoms with van der Waals surface area (Å²) in [5.41, 5.74) is 0.339. The Morgan fingerprint density at radius 2 is 1.31 bits per heavy atom. The highest BCUT2D eigenvalue weighted by Gasteiger charge is 2.89. The van der Waals surface area contributed by atoms with Crippen molar-refractivity contribution in [2.45, 2.75) is 206 Å². The first-order valence-corrected chi connectivity index (χ1v) is 23.4. The molecule has 3 aliphatic rings. The topological polar surface area (TPSA) is 241 Å². The number of unbranched alkanes of at least 4 members (excludes halogenated alkanes) is 4. The molecule has 4 unspecified atom stereocenters. The van der Waals surface area contributed by atoms with E-state index in [9.17, 15) is 43.8 Å². The van der Waals surface area contributed by atoms with Gasteiger partial charge in [0.1, 0.15) is 12.1 Å². The number of carboxylic acid groups (broad SMARTS) is 3. The van der Waals surface area contributed by atoms with E-state index in [0.29, 0.717) is 64.6 Å². The van der Waals surface area contributed by atoms with Crippen molar-refractivity contribution in [2.75, 3.05) is 19.7 Å². The number of fused-ring (bicyclic) bond motifs is 1. The minimum absolute atomic E-state index is 0.0161. The summed E-state index contributed by atoms with van der Waals surface area (Å²) < 4.78 is 0. The molecule has 16 nitrogen and oxygen atoms in total. The van der Waals surface area contributed by atoms with Crippen molar-refractivity contribution in [1.82, 2.24) is 26.3 Å². The summed E-state index contributed by atoms with van der Waals surface area (Å²) in [6.45, 7) is 14.2. The van der Waals surface area contributed by atoms with Gasteiger partial charge >= 0.3 is 17.9 Å². The molecule has 1 aliphatic heterocycles. The van der Waals surface area contributed by atoms with Gasteiger partial charge < -0.3 is 36.6 Å². The zero-order chi connectivity index (χ0) is 46.1. The highest BCUT2D eigenvalue weighted by Crippen LogP contribution is 2.76. The van der Waals surface area contributed by atoms with Gasteiger partial charge in [0.05, 0.1) is 24.1 Å². The highest BCUT2D eigenvalue weighted by atomic mass is 16.7. The zero-order valence-corrected chi connectivity index (χ0v) is 38.5. The van der Waals surface area contributed by atoms with Crippen LogP contribution in [-0.2, 0) is 38.4 Å². The van der Waals surface area contributed by atoms with Crippen molar-refractivity contribution in [3.63, 3.8) is 0 Å². The maximum atomic E-state index is 13.1. The zero-order valence-electron chi connectivity index (χ0n) is 38.5. The second-order valence-corrected chi connectivity index (χ2v) is 19.9.